The minimum absolute atomic E-state index is 0.167. The van der Waals surface area contributed by atoms with Crippen molar-refractivity contribution < 1.29 is 34.6 Å². The molecule has 31 heavy (non-hydrogen) atoms. The molecule has 1 saturated carbocycles. The number of ether oxygens (including phenoxy) is 3. The minimum Gasteiger partial charge on any atom is -0.391 e. The number of fused-ring (bicyclic) bond motifs is 2. The lowest BCUT2D eigenvalue weighted by molar-refractivity contribution is -0.484. The fraction of sp³-hybridized carbons (Fsp3) is 0.739. The summed E-state index contributed by atoms with van der Waals surface area (Å²) in [5.74, 6) is -2.55. The molecule has 2 saturated heterocycles. The second-order valence-electron chi connectivity index (χ2n) is 9.25. The van der Waals surface area contributed by atoms with Crippen LogP contribution in [0.5, 0.6) is 0 Å². The smallest absolute Gasteiger partial charge is 0.248 e. The van der Waals surface area contributed by atoms with E-state index in [1.54, 1.807) is 7.05 Å². The van der Waals surface area contributed by atoms with Crippen LogP contribution >= 0.6 is 0 Å². The summed E-state index contributed by atoms with van der Waals surface area (Å²) in [7, 11) is 1.69. The highest BCUT2D eigenvalue weighted by Crippen LogP contribution is 2.48. The Morgan fingerprint density at radius 1 is 1.06 bits per heavy atom. The molecule has 0 radical (unpaired) electrons. The van der Waals surface area contributed by atoms with Crippen LogP contribution in [0.3, 0.4) is 0 Å². The first-order chi connectivity index (χ1) is 14.7. The van der Waals surface area contributed by atoms with E-state index in [2.05, 4.69) is 5.32 Å². The van der Waals surface area contributed by atoms with Crippen LogP contribution in [0.25, 0.3) is 0 Å². The van der Waals surface area contributed by atoms with Crippen LogP contribution in [0.1, 0.15) is 38.7 Å². The van der Waals surface area contributed by atoms with E-state index < -0.39 is 54.1 Å². The number of nitrogens with one attached hydrogen (secondary N) is 1. The Hall–Kier alpha value is -1.10. The topological polar surface area (TPSA) is 121 Å². The zero-order valence-electron chi connectivity index (χ0n) is 18.3. The molecule has 3 fully saturated rings. The molecular formula is C23H35NO7. The highest BCUT2D eigenvalue weighted by Gasteiger charge is 2.68. The summed E-state index contributed by atoms with van der Waals surface area (Å²) in [6.45, 7) is 3.71. The van der Waals surface area contributed by atoms with Gasteiger partial charge in [0.25, 0.3) is 0 Å². The van der Waals surface area contributed by atoms with Gasteiger partial charge in [-0.1, -0.05) is 37.3 Å². The first-order valence-corrected chi connectivity index (χ1v) is 11.2. The lowest BCUT2D eigenvalue weighted by atomic mass is 9.73. The summed E-state index contributed by atoms with van der Waals surface area (Å²) >= 11 is 0. The summed E-state index contributed by atoms with van der Waals surface area (Å²) in [5, 5.41) is 48.0. The van der Waals surface area contributed by atoms with E-state index in [1.165, 1.54) is 0 Å². The van der Waals surface area contributed by atoms with Gasteiger partial charge in [-0.05, 0) is 38.8 Å². The predicted molar refractivity (Wildman–Crippen MR) is 112 cm³/mol. The minimum atomic E-state index is -2.14. The molecule has 174 valence electrons. The predicted octanol–water partition coefficient (Wildman–Crippen LogP) is 0.307. The quantitative estimate of drug-likeness (QED) is 0.446. The maximum atomic E-state index is 11.7. The van der Waals surface area contributed by atoms with E-state index in [-0.39, 0.29) is 18.9 Å². The van der Waals surface area contributed by atoms with Crippen LogP contribution in [0.4, 0.5) is 0 Å². The Kier molecular flexibility index (Phi) is 6.46. The summed E-state index contributed by atoms with van der Waals surface area (Å²) in [6.07, 6.45) is -3.67. The van der Waals surface area contributed by atoms with Crippen molar-refractivity contribution in [1.29, 1.82) is 0 Å². The van der Waals surface area contributed by atoms with Gasteiger partial charge in [-0.25, -0.2) is 0 Å². The largest absolute Gasteiger partial charge is 0.391 e. The summed E-state index contributed by atoms with van der Waals surface area (Å²) < 4.78 is 18.1. The number of hydrogen-bond acceptors (Lipinski definition) is 8. The van der Waals surface area contributed by atoms with Gasteiger partial charge in [0.15, 0.2) is 0 Å². The maximum absolute atomic E-state index is 11.7. The standard InChI is InChI=1S/C23H35NO7/c1-4-15-17(25)16(24-3)19-20(18(15)26)30-21-23(28,31-19)22(27,12-13(2)29-21)11-10-14-8-6-5-7-9-14/h5-9,13,15-21,24-28H,4,10-12H2,1-3H3/t13-,15-,16+,17+,18+,19-,20-,21+,22+,23-/m1/s1. The monoisotopic (exact) mass is 437 g/mol. The molecule has 10 atom stereocenters. The number of likely N-dealkylation sites (N-methyl/N-ethyl adjacent to an activating group) is 1. The molecule has 4 rings (SSSR count). The molecule has 0 aromatic heterocycles. The van der Waals surface area contributed by atoms with E-state index in [9.17, 15) is 20.4 Å². The lowest BCUT2D eigenvalue weighted by Gasteiger charge is -2.60. The third-order valence-corrected chi connectivity index (χ3v) is 7.30. The van der Waals surface area contributed by atoms with Crippen molar-refractivity contribution in [3.05, 3.63) is 35.9 Å². The van der Waals surface area contributed by atoms with E-state index >= 15 is 0 Å². The van der Waals surface area contributed by atoms with Crippen LogP contribution in [-0.2, 0) is 20.6 Å². The van der Waals surface area contributed by atoms with Crippen molar-refractivity contribution in [3.63, 3.8) is 0 Å². The Labute approximate surface area is 183 Å². The normalized spacial score (nSPS) is 47.5. The van der Waals surface area contributed by atoms with E-state index in [4.69, 9.17) is 14.2 Å². The number of hydrogen-bond donors (Lipinski definition) is 5. The van der Waals surface area contributed by atoms with E-state index in [0.29, 0.717) is 12.8 Å². The van der Waals surface area contributed by atoms with Gasteiger partial charge in [-0.3, -0.25) is 0 Å². The van der Waals surface area contributed by atoms with Gasteiger partial charge in [0.2, 0.25) is 12.1 Å². The Bertz CT molecular complexity index is 751. The highest BCUT2D eigenvalue weighted by atomic mass is 16.8. The van der Waals surface area contributed by atoms with Crippen LogP contribution in [0, 0.1) is 5.92 Å². The summed E-state index contributed by atoms with van der Waals surface area (Å²) in [4.78, 5) is 0. The van der Waals surface area contributed by atoms with Crippen LogP contribution < -0.4 is 5.32 Å². The molecule has 0 spiro atoms. The molecule has 8 heteroatoms. The fourth-order valence-electron chi connectivity index (χ4n) is 5.53. The van der Waals surface area contributed by atoms with Gasteiger partial charge >= 0.3 is 0 Å². The molecule has 2 aliphatic heterocycles. The first-order valence-electron chi connectivity index (χ1n) is 11.2. The van der Waals surface area contributed by atoms with Crippen molar-refractivity contribution in [2.45, 2.75) is 93.8 Å². The van der Waals surface area contributed by atoms with Gasteiger partial charge in [-0.15, -0.1) is 0 Å². The molecule has 1 aromatic carbocycles. The third kappa shape index (κ3) is 3.83. The van der Waals surface area contributed by atoms with Crippen LogP contribution in [-0.4, -0.2) is 81.7 Å². The van der Waals surface area contributed by atoms with E-state index in [1.807, 2.05) is 44.2 Å². The molecule has 5 N–H and O–H groups in total. The van der Waals surface area contributed by atoms with Gasteiger partial charge in [0.05, 0.1) is 24.4 Å². The average Bonchev–Trinajstić information content (AvgIpc) is 2.74. The fourth-order valence-corrected chi connectivity index (χ4v) is 5.53. The maximum Gasteiger partial charge on any atom is 0.248 e. The van der Waals surface area contributed by atoms with Crippen molar-refractivity contribution in [2.24, 2.45) is 5.92 Å². The van der Waals surface area contributed by atoms with Crippen molar-refractivity contribution >= 4 is 0 Å². The molecule has 1 aromatic rings. The molecule has 1 aliphatic carbocycles. The van der Waals surface area contributed by atoms with E-state index in [0.717, 1.165) is 5.56 Å². The first kappa shape index (κ1) is 23.1. The molecule has 2 heterocycles. The highest BCUT2D eigenvalue weighted by molar-refractivity contribution is 5.17. The number of aryl methyl sites for hydroxylation is 1. The Morgan fingerprint density at radius 3 is 2.42 bits per heavy atom. The Morgan fingerprint density at radius 2 is 1.77 bits per heavy atom. The lowest BCUT2D eigenvalue weighted by Crippen LogP contribution is -2.78. The van der Waals surface area contributed by atoms with Crippen molar-refractivity contribution in [3.8, 4) is 0 Å². The molecule has 0 unspecified atom stereocenters. The van der Waals surface area contributed by atoms with Crippen LogP contribution in [0.2, 0.25) is 0 Å². The Balaban J connectivity index is 1.63. The number of aliphatic hydroxyl groups excluding tert-OH is 2. The zero-order chi connectivity index (χ0) is 22.4. The van der Waals surface area contributed by atoms with Crippen LogP contribution in [0.15, 0.2) is 30.3 Å². The molecule has 0 bridgehead atoms. The average molecular weight is 438 g/mol. The van der Waals surface area contributed by atoms with Crippen molar-refractivity contribution in [2.75, 3.05) is 7.05 Å². The van der Waals surface area contributed by atoms with Gasteiger partial charge < -0.3 is 40.0 Å². The van der Waals surface area contributed by atoms with Gasteiger partial charge in [-0.2, -0.15) is 0 Å². The molecule has 8 nitrogen and oxygen atoms in total. The van der Waals surface area contributed by atoms with Gasteiger partial charge in [0, 0.05) is 12.3 Å². The molecular weight excluding hydrogens is 402 g/mol. The van der Waals surface area contributed by atoms with Gasteiger partial charge in [0.1, 0.15) is 17.8 Å². The number of rotatable bonds is 5. The second kappa shape index (κ2) is 8.68. The SMILES string of the molecule is CC[C@@H]1[C@H](O)[C@H](NC)[C@H]2O[C@]3(O)[C@H](O[C@@H]2[C@H]1O)O[C@H](C)C[C@@]3(O)CCc1ccccc1. The molecule has 0 amide bonds. The zero-order valence-corrected chi connectivity index (χ0v) is 18.3. The summed E-state index contributed by atoms with van der Waals surface area (Å²) in [5.41, 5.74) is -0.599. The third-order valence-electron chi connectivity index (χ3n) is 7.30. The number of aliphatic hydroxyl groups is 4. The number of benzene rings is 1. The summed E-state index contributed by atoms with van der Waals surface area (Å²) in [6, 6.07) is 9.15. The van der Waals surface area contributed by atoms with Crippen molar-refractivity contribution in [1.82, 2.24) is 5.32 Å². The molecule has 3 aliphatic rings. The second-order valence-corrected chi connectivity index (χ2v) is 9.25.